The van der Waals surface area contributed by atoms with E-state index in [2.05, 4.69) is 34.7 Å². The molecule has 0 aromatic heterocycles. The molecule has 8 heteroatoms. The van der Waals surface area contributed by atoms with Crippen molar-refractivity contribution in [1.82, 2.24) is 10.7 Å². The van der Waals surface area contributed by atoms with Gasteiger partial charge in [-0.25, -0.2) is 10.4 Å². The number of hydrazone groups is 1. The first kappa shape index (κ1) is 24.5. The van der Waals surface area contributed by atoms with Crippen LogP contribution in [0.2, 0.25) is 0 Å². The number of nitrogens with zero attached hydrogens (tertiary/aromatic N) is 2. The van der Waals surface area contributed by atoms with E-state index in [1.807, 2.05) is 0 Å². The maximum atomic E-state index is 12.3. The highest BCUT2D eigenvalue weighted by Crippen LogP contribution is 2.69. The Morgan fingerprint density at radius 2 is 2.00 bits per heavy atom. The lowest BCUT2D eigenvalue weighted by Gasteiger charge is -2.64. The van der Waals surface area contributed by atoms with Gasteiger partial charge in [-0.1, -0.05) is 13.8 Å². The number of rotatable bonds is 6. The summed E-state index contributed by atoms with van der Waals surface area (Å²) in [6.45, 7) is 7.59. The number of guanidine groups is 1. The molecule has 0 aromatic rings. The minimum Gasteiger partial charge on any atom is -0.389 e. The highest BCUT2D eigenvalue weighted by Gasteiger charge is 2.71. The molecular weight excluding hydrogens is 430 g/mol. The number of hydrogen-bond donors (Lipinski definition) is 5. The van der Waals surface area contributed by atoms with Crippen molar-refractivity contribution < 1.29 is 14.9 Å². The molecule has 0 bridgehead atoms. The van der Waals surface area contributed by atoms with Crippen LogP contribution in [0.4, 0.5) is 0 Å². The number of aliphatic hydroxyl groups is 2. The number of hydrogen-bond acceptors (Lipinski definition) is 8. The third kappa shape index (κ3) is 3.71. The van der Waals surface area contributed by atoms with Gasteiger partial charge in [0.05, 0.1) is 24.5 Å². The highest BCUT2D eigenvalue weighted by atomic mass is 16.5. The SMILES string of the molecule is C[C@]12CC[C@H](OCCCN)C[C@H]1CC[C@@H]1[C@@H]2CC[C@]2(C)[C@@](O)(/C=N/NC3=NCCN3)CC[C@]12O. The molecule has 8 atom stereocenters. The summed E-state index contributed by atoms with van der Waals surface area (Å²) in [7, 11) is 0. The summed E-state index contributed by atoms with van der Waals surface area (Å²) in [5.74, 6) is 2.04. The van der Waals surface area contributed by atoms with Gasteiger partial charge in [-0.15, -0.1) is 0 Å². The van der Waals surface area contributed by atoms with Crippen molar-refractivity contribution in [2.75, 3.05) is 26.2 Å². The van der Waals surface area contributed by atoms with Crippen molar-refractivity contribution in [3.8, 4) is 0 Å². The molecule has 192 valence electrons. The van der Waals surface area contributed by atoms with Gasteiger partial charge in [-0.05, 0) is 93.9 Å². The van der Waals surface area contributed by atoms with E-state index in [9.17, 15) is 10.2 Å². The topological polar surface area (TPSA) is 124 Å². The number of nitrogens with two attached hydrogens (primary N) is 1. The molecule has 0 amide bonds. The maximum Gasteiger partial charge on any atom is 0.212 e. The summed E-state index contributed by atoms with van der Waals surface area (Å²) in [5, 5.41) is 31.5. The van der Waals surface area contributed by atoms with E-state index >= 15 is 0 Å². The smallest absolute Gasteiger partial charge is 0.212 e. The highest BCUT2D eigenvalue weighted by molar-refractivity contribution is 5.82. The average molecular weight is 476 g/mol. The quantitative estimate of drug-likeness (QED) is 0.228. The summed E-state index contributed by atoms with van der Waals surface area (Å²) >= 11 is 0. The monoisotopic (exact) mass is 475 g/mol. The molecule has 8 nitrogen and oxygen atoms in total. The minimum atomic E-state index is -1.12. The normalized spacial score (nSPS) is 48.1. The molecule has 1 aliphatic heterocycles. The Morgan fingerprint density at radius 1 is 1.15 bits per heavy atom. The van der Waals surface area contributed by atoms with Gasteiger partial charge in [0.2, 0.25) is 5.96 Å². The molecule has 4 aliphatic carbocycles. The van der Waals surface area contributed by atoms with Crippen LogP contribution < -0.4 is 16.5 Å². The second-order valence-electron chi connectivity index (χ2n) is 12.1. The molecule has 0 saturated heterocycles. The Balaban J connectivity index is 1.31. The van der Waals surface area contributed by atoms with Crippen molar-refractivity contribution in [1.29, 1.82) is 0 Å². The lowest BCUT2D eigenvalue weighted by atomic mass is 9.43. The van der Waals surface area contributed by atoms with Crippen LogP contribution >= 0.6 is 0 Å². The Morgan fingerprint density at radius 3 is 2.76 bits per heavy atom. The van der Waals surface area contributed by atoms with E-state index in [-0.39, 0.29) is 11.3 Å². The van der Waals surface area contributed by atoms with E-state index in [0.717, 1.165) is 64.6 Å². The van der Waals surface area contributed by atoms with Crippen molar-refractivity contribution >= 4 is 12.2 Å². The Labute approximate surface area is 204 Å². The van der Waals surface area contributed by atoms with E-state index in [1.54, 1.807) is 6.21 Å². The summed E-state index contributed by atoms with van der Waals surface area (Å²) in [6.07, 6.45) is 11.6. The van der Waals surface area contributed by atoms with Crippen molar-refractivity contribution in [2.24, 2.45) is 44.4 Å². The molecule has 0 aromatic carbocycles. The van der Waals surface area contributed by atoms with E-state index in [1.165, 1.54) is 6.42 Å². The fourth-order valence-electron chi connectivity index (χ4n) is 8.60. The maximum absolute atomic E-state index is 12.3. The summed E-state index contributed by atoms with van der Waals surface area (Å²) < 4.78 is 6.16. The van der Waals surface area contributed by atoms with E-state index in [4.69, 9.17) is 10.5 Å². The van der Waals surface area contributed by atoms with Gasteiger partial charge in [-0.2, -0.15) is 5.10 Å². The lowest BCUT2D eigenvalue weighted by Crippen LogP contribution is -2.65. The Kier molecular flexibility index (Phi) is 6.49. The van der Waals surface area contributed by atoms with Crippen LogP contribution in [0.25, 0.3) is 0 Å². The number of fused-ring (bicyclic) bond motifs is 5. The fourth-order valence-corrected chi connectivity index (χ4v) is 8.60. The molecule has 0 spiro atoms. The molecule has 5 aliphatic rings. The molecule has 34 heavy (non-hydrogen) atoms. The van der Waals surface area contributed by atoms with Crippen LogP contribution in [-0.2, 0) is 4.74 Å². The largest absolute Gasteiger partial charge is 0.389 e. The zero-order valence-electron chi connectivity index (χ0n) is 21.1. The molecule has 1 heterocycles. The van der Waals surface area contributed by atoms with Gasteiger partial charge in [0.25, 0.3) is 0 Å². The molecule has 6 N–H and O–H groups in total. The average Bonchev–Trinajstić information content (AvgIpc) is 3.40. The third-order valence-corrected chi connectivity index (χ3v) is 10.8. The first-order valence-corrected chi connectivity index (χ1v) is 13.6. The van der Waals surface area contributed by atoms with Gasteiger partial charge in [-0.3, -0.25) is 0 Å². The van der Waals surface area contributed by atoms with Crippen LogP contribution in [0.15, 0.2) is 10.1 Å². The number of ether oxygens (including phenoxy) is 1. The van der Waals surface area contributed by atoms with Gasteiger partial charge in [0.15, 0.2) is 0 Å². The zero-order chi connectivity index (χ0) is 24.0. The predicted molar refractivity (Wildman–Crippen MR) is 133 cm³/mol. The zero-order valence-corrected chi connectivity index (χ0v) is 21.1. The van der Waals surface area contributed by atoms with E-state index < -0.39 is 16.6 Å². The second-order valence-corrected chi connectivity index (χ2v) is 12.1. The van der Waals surface area contributed by atoms with Crippen molar-refractivity contribution in [2.45, 2.75) is 95.4 Å². The van der Waals surface area contributed by atoms with Gasteiger partial charge in [0, 0.05) is 18.6 Å². The Bertz CT molecular complexity index is 822. The molecule has 4 fully saturated rings. The summed E-state index contributed by atoms with van der Waals surface area (Å²) in [6, 6.07) is 0. The van der Waals surface area contributed by atoms with Gasteiger partial charge >= 0.3 is 0 Å². The third-order valence-electron chi connectivity index (χ3n) is 10.8. The first-order chi connectivity index (χ1) is 16.3. The lowest BCUT2D eigenvalue weighted by molar-refractivity contribution is -0.225. The van der Waals surface area contributed by atoms with Gasteiger partial charge < -0.3 is 26.0 Å². The first-order valence-electron chi connectivity index (χ1n) is 13.6. The minimum absolute atomic E-state index is 0.235. The number of nitrogens with one attached hydrogen (secondary N) is 2. The fraction of sp³-hybridized carbons (Fsp3) is 0.923. The predicted octanol–water partition coefficient (Wildman–Crippen LogP) is 2.14. The standard InChI is InChI=1S/C26H45N5O3/c1-23-8-6-19(34-15-3-12-27)16-18(23)4-5-21-20(23)7-9-24(2)25(32,10-11-26(21,24)33)17-30-31-22-28-13-14-29-22/h17-21,32-33H,3-16,27H2,1-2H3,(H2,28,29,31)/b30-17+/t18-,19+,20+,21-,23+,24-,25+,26+/m1/s1. The van der Waals surface area contributed by atoms with Crippen molar-refractivity contribution in [3.05, 3.63) is 0 Å². The molecule has 0 unspecified atom stereocenters. The van der Waals surface area contributed by atoms with E-state index in [0.29, 0.717) is 43.3 Å². The summed E-state index contributed by atoms with van der Waals surface area (Å²) in [4.78, 5) is 4.30. The second kappa shape index (κ2) is 9.02. The molecule has 4 saturated carbocycles. The van der Waals surface area contributed by atoms with Crippen LogP contribution in [-0.4, -0.2) is 65.9 Å². The Hall–Kier alpha value is -1.22. The number of aliphatic imine (C=N–C) groups is 1. The molecule has 0 radical (unpaired) electrons. The molecular formula is C26H45N5O3. The van der Waals surface area contributed by atoms with Crippen LogP contribution in [0.5, 0.6) is 0 Å². The van der Waals surface area contributed by atoms with Crippen molar-refractivity contribution in [3.63, 3.8) is 0 Å². The van der Waals surface area contributed by atoms with Crippen LogP contribution in [0.3, 0.4) is 0 Å². The molecule has 5 rings (SSSR count). The van der Waals surface area contributed by atoms with Gasteiger partial charge in [0.1, 0.15) is 5.60 Å². The van der Waals surface area contributed by atoms with Crippen LogP contribution in [0.1, 0.15) is 78.1 Å². The van der Waals surface area contributed by atoms with Crippen LogP contribution in [0, 0.1) is 28.6 Å². The summed E-state index contributed by atoms with van der Waals surface area (Å²) in [5.41, 5.74) is 6.25.